The average Bonchev–Trinajstić information content (AvgIpc) is 3.15. The van der Waals surface area contributed by atoms with E-state index in [1.54, 1.807) is 19.0 Å². The van der Waals surface area contributed by atoms with Gasteiger partial charge in [0.1, 0.15) is 6.10 Å². The van der Waals surface area contributed by atoms with Gasteiger partial charge in [0.05, 0.1) is 12.6 Å². The first-order valence-electron chi connectivity index (χ1n) is 9.36. The highest BCUT2D eigenvalue weighted by molar-refractivity contribution is 14.0. The number of hydrogen-bond donors (Lipinski definition) is 1. The number of aliphatic imine (C=N–C) groups is 1. The number of guanidine groups is 1. The maximum Gasteiger partial charge on any atom is 0.251 e. The van der Waals surface area contributed by atoms with Gasteiger partial charge >= 0.3 is 0 Å². The number of carbonyl (C=O) groups excluding carboxylic acids is 1. The molecule has 2 aliphatic heterocycles. The molecule has 0 aliphatic carbocycles. The minimum atomic E-state index is -0.343. The van der Waals surface area contributed by atoms with Crippen molar-refractivity contribution in [1.29, 1.82) is 0 Å². The SMILES string of the molecule is CN(C)C(=O)C1CCC(CN=C(N)N2CCN(c3ccc(Cl)cc3)CC2)O1.I. The summed E-state index contributed by atoms with van der Waals surface area (Å²) in [5.74, 6) is 0.574. The van der Waals surface area contributed by atoms with E-state index in [4.69, 9.17) is 22.1 Å². The largest absolute Gasteiger partial charge is 0.370 e. The quantitative estimate of drug-likeness (QED) is 0.373. The predicted molar refractivity (Wildman–Crippen MR) is 124 cm³/mol. The number of nitrogens with zero attached hydrogens (tertiary/aromatic N) is 4. The van der Waals surface area contributed by atoms with Gasteiger partial charge in [-0.3, -0.25) is 9.79 Å². The second kappa shape index (κ2) is 10.5. The summed E-state index contributed by atoms with van der Waals surface area (Å²) in [7, 11) is 3.50. The molecule has 28 heavy (non-hydrogen) atoms. The van der Waals surface area contributed by atoms with Crippen LogP contribution < -0.4 is 10.6 Å². The molecule has 0 saturated carbocycles. The number of ether oxygens (including phenoxy) is 1. The Balaban J connectivity index is 0.00000280. The number of piperazine rings is 1. The van der Waals surface area contributed by atoms with Gasteiger partial charge in [-0.2, -0.15) is 0 Å². The summed E-state index contributed by atoms with van der Waals surface area (Å²) >= 11 is 5.96. The Bertz CT molecular complexity index is 677. The van der Waals surface area contributed by atoms with Crippen LogP contribution in [0.3, 0.4) is 0 Å². The number of rotatable bonds is 4. The molecule has 7 nitrogen and oxygen atoms in total. The van der Waals surface area contributed by atoms with E-state index in [1.165, 1.54) is 5.69 Å². The van der Waals surface area contributed by atoms with Gasteiger partial charge in [0.15, 0.2) is 5.96 Å². The van der Waals surface area contributed by atoms with Gasteiger partial charge in [-0.25, -0.2) is 0 Å². The summed E-state index contributed by atoms with van der Waals surface area (Å²) < 4.78 is 5.82. The second-order valence-electron chi connectivity index (χ2n) is 7.21. The maximum absolute atomic E-state index is 12.0. The van der Waals surface area contributed by atoms with Crippen molar-refractivity contribution in [3.63, 3.8) is 0 Å². The molecule has 2 N–H and O–H groups in total. The second-order valence-corrected chi connectivity index (χ2v) is 7.64. The van der Waals surface area contributed by atoms with Gasteiger partial charge in [0, 0.05) is 51.0 Å². The number of anilines is 1. The van der Waals surface area contributed by atoms with Crippen LogP contribution in [0.4, 0.5) is 5.69 Å². The van der Waals surface area contributed by atoms with E-state index in [9.17, 15) is 4.79 Å². The monoisotopic (exact) mass is 521 g/mol. The predicted octanol–water partition coefficient (Wildman–Crippen LogP) is 2.03. The number of hydrogen-bond acceptors (Lipinski definition) is 4. The van der Waals surface area contributed by atoms with Crippen molar-refractivity contribution >= 4 is 53.1 Å². The summed E-state index contributed by atoms with van der Waals surface area (Å²) in [5, 5.41) is 0.748. The van der Waals surface area contributed by atoms with Gasteiger partial charge in [0.2, 0.25) is 0 Å². The zero-order chi connectivity index (χ0) is 19.4. The van der Waals surface area contributed by atoms with Gasteiger partial charge in [-0.1, -0.05) is 11.6 Å². The lowest BCUT2D eigenvalue weighted by Gasteiger charge is -2.36. The van der Waals surface area contributed by atoms with Crippen molar-refractivity contribution in [2.24, 2.45) is 10.7 Å². The zero-order valence-corrected chi connectivity index (χ0v) is 19.5. The molecule has 2 heterocycles. The Morgan fingerprint density at radius 1 is 1.21 bits per heavy atom. The molecule has 2 saturated heterocycles. The molecule has 1 aromatic carbocycles. The molecule has 156 valence electrons. The number of likely N-dealkylation sites (N-methyl/N-ethyl adjacent to an activating group) is 1. The molecule has 2 unspecified atom stereocenters. The maximum atomic E-state index is 12.0. The van der Waals surface area contributed by atoms with E-state index in [2.05, 4.69) is 14.8 Å². The minimum Gasteiger partial charge on any atom is -0.370 e. The van der Waals surface area contributed by atoms with Gasteiger partial charge in [-0.05, 0) is 37.1 Å². The molecule has 9 heteroatoms. The summed E-state index contributed by atoms with van der Waals surface area (Å²) in [5.41, 5.74) is 7.35. The lowest BCUT2D eigenvalue weighted by atomic mass is 10.2. The Morgan fingerprint density at radius 3 is 2.46 bits per heavy atom. The van der Waals surface area contributed by atoms with Crippen molar-refractivity contribution in [1.82, 2.24) is 9.80 Å². The normalized spacial score (nSPS) is 22.8. The van der Waals surface area contributed by atoms with Crippen molar-refractivity contribution < 1.29 is 9.53 Å². The molecule has 1 amide bonds. The molecule has 2 fully saturated rings. The minimum absolute atomic E-state index is 0. The van der Waals surface area contributed by atoms with Crippen LogP contribution in [0.1, 0.15) is 12.8 Å². The first kappa shape index (κ1) is 23.0. The van der Waals surface area contributed by atoms with Crippen LogP contribution in [0.5, 0.6) is 0 Å². The molecule has 3 rings (SSSR count). The van der Waals surface area contributed by atoms with Crippen LogP contribution in [0.2, 0.25) is 5.02 Å². The molecular weight excluding hydrogens is 493 g/mol. The smallest absolute Gasteiger partial charge is 0.251 e. The lowest BCUT2D eigenvalue weighted by molar-refractivity contribution is -0.140. The first-order valence-corrected chi connectivity index (χ1v) is 9.74. The van der Waals surface area contributed by atoms with E-state index in [-0.39, 0.29) is 42.1 Å². The highest BCUT2D eigenvalue weighted by Gasteiger charge is 2.31. The van der Waals surface area contributed by atoms with E-state index in [0.29, 0.717) is 12.5 Å². The first-order chi connectivity index (χ1) is 12.9. The van der Waals surface area contributed by atoms with Crippen LogP contribution in [0, 0.1) is 0 Å². The number of benzene rings is 1. The molecule has 0 radical (unpaired) electrons. The van der Waals surface area contributed by atoms with E-state index in [1.807, 2.05) is 24.3 Å². The molecule has 2 atom stereocenters. The molecule has 2 aliphatic rings. The fourth-order valence-electron chi connectivity index (χ4n) is 3.45. The molecular formula is C19H29ClIN5O2. The van der Waals surface area contributed by atoms with Crippen molar-refractivity contribution in [3.8, 4) is 0 Å². The van der Waals surface area contributed by atoms with Gasteiger partial charge in [-0.15, -0.1) is 24.0 Å². The van der Waals surface area contributed by atoms with Crippen molar-refractivity contribution in [2.75, 3.05) is 51.7 Å². The van der Waals surface area contributed by atoms with E-state index < -0.39 is 0 Å². The van der Waals surface area contributed by atoms with Crippen LogP contribution in [0.25, 0.3) is 0 Å². The van der Waals surface area contributed by atoms with Crippen LogP contribution in [-0.2, 0) is 9.53 Å². The third-order valence-electron chi connectivity index (χ3n) is 5.08. The summed E-state index contributed by atoms with van der Waals surface area (Å²) in [6.45, 7) is 3.92. The zero-order valence-electron chi connectivity index (χ0n) is 16.4. The fourth-order valence-corrected chi connectivity index (χ4v) is 3.58. The standard InChI is InChI=1S/C19H28ClN5O2.HI/c1-23(2)18(26)17-8-7-16(27-17)13-22-19(21)25-11-9-24(10-12-25)15-5-3-14(20)4-6-15;/h3-6,16-17H,7-13H2,1-2H3,(H2,21,22);1H. The van der Waals surface area contributed by atoms with E-state index >= 15 is 0 Å². The Kier molecular flexibility index (Phi) is 8.63. The summed E-state index contributed by atoms with van der Waals surface area (Å²) in [6.07, 6.45) is 1.21. The van der Waals surface area contributed by atoms with E-state index in [0.717, 1.165) is 44.0 Å². The van der Waals surface area contributed by atoms with Crippen LogP contribution in [0.15, 0.2) is 29.3 Å². The third-order valence-corrected chi connectivity index (χ3v) is 5.33. The Labute approximate surface area is 188 Å². The number of amides is 1. The third kappa shape index (κ3) is 5.87. The summed E-state index contributed by atoms with van der Waals surface area (Å²) in [6, 6.07) is 7.90. The number of halogens is 2. The van der Waals surface area contributed by atoms with Gasteiger partial charge < -0.3 is 25.2 Å². The highest BCUT2D eigenvalue weighted by Crippen LogP contribution is 2.22. The molecule has 0 bridgehead atoms. The fraction of sp³-hybridized carbons (Fsp3) is 0.579. The van der Waals surface area contributed by atoms with Crippen molar-refractivity contribution in [2.45, 2.75) is 25.0 Å². The molecule has 0 aromatic heterocycles. The number of nitrogens with two attached hydrogens (primary N) is 1. The molecule has 1 aromatic rings. The van der Waals surface area contributed by atoms with Crippen molar-refractivity contribution in [3.05, 3.63) is 29.3 Å². The topological polar surface area (TPSA) is 74.4 Å². The van der Waals surface area contributed by atoms with Crippen LogP contribution >= 0.6 is 35.6 Å². The lowest BCUT2D eigenvalue weighted by Crippen LogP contribution is -2.51. The highest BCUT2D eigenvalue weighted by atomic mass is 127. The Morgan fingerprint density at radius 2 is 1.86 bits per heavy atom. The van der Waals surface area contributed by atoms with Crippen LogP contribution in [-0.4, -0.2) is 80.7 Å². The Hall–Kier alpha value is -1.26. The summed E-state index contributed by atoms with van der Waals surface area (Å²) in [4.78, 5) is 22.5. The molecule has 0 spiro atoms. The average molecular weight is 522 g/mol. The van der Waals surface area contributed by atoms with Gasteiger partial charge in [0.25, 0.3) is 5.91 Å². The number of carbonyl (C=O) groups is 1.